The molecule has 2 heterocycles. The van der Waals surface area contributed by atoms with Crippen LogP contribution in [0, 0.1) is 24.2 Å². The van der Waals surface area contributed by atoms with E-state index in [1.807, 2.05) is 19.1 Å². The van der Waals surface area contributed by atoms with Crippen molar-refractivity contribution < 1.29 is 0 Å². The van der Waals surface area contributed by atoms with Crippen molar-refractivity contribution in [1.29, 1.82) is 5.26 Å². The zero-order chi connectivity index (χ0) is 13.7. The summed E-state index contributed by atoms with van der Waals surface area (Å²) in [7, 11) is 0. The highest BCUT2D eigenvalue weighted by Crippen LogP contribution is 2.25. The van der Waals surface area contributed by atoms with Gasteiger partial charge in [0.15, 0.2) is 0 Å². The molecule has 1 unspecified atom stereocenters. The molecule has 0 amide bonds. The number of nitrogens with zero attached hydrogens (tertiary/aromatic N) is 3. The van der Waals surface area contributed by atoms with E-state index in [0.29, 0.717) is 0 Å². The van der Waals surface area contributed by atoms with Gasteiger partial charge in [0.2, 0.25) is 0 Å². The SMILES string of the molecule is CCCC1CCCN(c2cc(C#N)cc(C)n2)CC1. The molecular formula is C16H23N3. The van der Waals surface area contributed by atoms with Crippen LogP contribution in [0.1, 0.15) is 50.3 Å². The fraction of sp³-hybridized carbons (Fsp3) is 0.625. The molecule has 1 fully saturated rings. The molecular weight excluding hydrogens is 234 g/mol. The summed E-state index contributed by atoms with van der Waals surface area (Å²) in [5.74, 6) is 1.85. The van der Waals surface area contributed by atoms with Crippen molar-refractivity contribution in [3.05, 3.63) is 23.4 Å². The molecule has 0 spiro atoms. The highest BCUT2D eigenvalue weighted by Gasteiger charge is 2.17. The number of aryl methyl sites for hydroxylation is 1. The van der Waals surface area contributed by atoms with Crippen LogP contribution in [0.3, 0.4) is 0 Å². The standard InChI is InChI=1S/C16H23N3/c1-3-5-14-6-4-8-19(9-7-14)16-11-15(12-17)10-13(2)18-16/h10-11,14H,3-9H2,1-2H3. The summed E-state index contributed by atoms with van der Waals surface area (Å²) in [5, 5.41) is 9.06. The maximum Gasteiger partial charge on any atom is 0.130 e. The minimum atomic E-state index is 0.719. The van der Waals surface area contributed by atoms with Crippen LogP contribution in [0.4, 0.5) is 5.82 Å². The first-order valence-corrected chi connectivity index (χ1v) is 7.36. The van der Waals surface area contributed by atoms with Gasteiger partial charge in [0.05, 0.1) is 11.6 Å². The van der Waals surface area contributed by atoms with Gasteiger partial charge in [0.1, 0.15) is 5.82 Å². The van der Waals surface area contributed by atoms with Gasteiger partial charge in [-0.25, -0.2) is 4.98 Å². The summed E-state index contributed by atoms with van der Waals surface area (Å²) in [6.07, 6.45) is 6.46. The molecule has 1 aliphatic rings. The number of hydrogen-bond donors (Lipinski definition) is 0. The second kappa shape index (κ2) is 6.56. The highest BCUT2D eigenvalue weighted by atomic mass is 15.2. The molecule has 102 valence electrons. The molecule has 2 rings (SSSR count). The van der Waals surface area contributed by atoms with Crippen LogP contribution in [0.25, 0.3) is 0 Å². The molecule has 3 heteroatoms. The van der Waals surface area contributed by atoms with Gasteiger partial charge in [-0.15, -0.1) is 0 Å². The molecule has 1 aromatic rings. The molecule has 0 N–H and O–H groups in total. The number of rotatable bonds is 3. The minimum Gasteiger partial charge on any atom is -0.357 e. The van der Waals surface area contributed by atoms with Crippen LogP contribution in [0.5, 0.6) is 0 Å². The molecule has 1 aliphatic heterocycles. The predicted molar refractivity (Wildman–Crippen MR) is 78.2 cm³/mol. The van der Waals surface area contributed by atoms with E-state index in [2.05, 4.69) is 22.9 Å². The number of hydrogen-bond acceptors (Lipinski definition) is 3. The van der Waals surface area contributed by atoms with E-state index in [1.54, 1.807) is 0 Å². The van der Waals surface area contributed by atoms with Crippen molar-refractivity contribution >= 4 is 5.82 Å². The maximum absolute atomic E-state index is 9.06. The summed E-state index contributed by atoms with van der Waals surface area (Å²) in [6.45, 7) is 6.37. The van der Waals surface area contributed by atoms with Crippen molar-refractivity contribution in [2.45, 2.75) is 46.0 Å². The lowest BCUT2D eigenvalue weighted by atomic mass is 9.96. The van der Waals surface area contributed by atoms with Crippen LogP contribution in [0.15, 0.2) is 12.1 Å². The van der Waals surface area contributed by atoms with E-state index >= 15 is 0 Å². The lowest BCUT2D eigenvalue weighted by Gasteiger charge is -2.22. The van der Waals surface area contributed by atoms with E-state index in [1.165, 1.54) is 32.1 Å². The summed E-state index contributed by atoms with van der Waals surface area (Å²) >= 11 is 0. The fourth-order valence-electron chi connectivity index (χ4n) is 2.97. The van der Waals surface area contributed by atoms with Crippen molar-refractivity contribution in [1.82, 2.24) is 4.98 Å². The van der Waals surface area contributed by atoms with Crippen molar-refractivity contribution in [3.63, 3.8) is 0 Å². The van der Waals surface area contributed by atoms with Gasteiger partial charge in [-0.05, 0) is 44.2 Å². The number of anilines is 1. The largest absolute Gasteiger partial charge is 0.357 e. The van der Waals surface area contributed by atoms with E-state index in [4.69, 9.17) is 5.26 Å². The normalized spacial score (nSPS) is 19.8. The van der Waals surface area contributed by atoms with Crippen molar-refractivity contribution in [3.8, 4) is 6.07 Å². The van der Waals surface area contributed by atoms with Crippen LogP contribution in [0.2, 0.25) is 0 Å². The van der Waals surface area contributed by atoms with Crippen LogP contribution in [-0.2, 0) is 0 Å². The van der Waals surface area contributed by atoms with E-state index in [9.17, 15) is 0 Å². The average molecular weight is 257 g/mol. The molecule has 1 atom stereocenters. The molecule has 0 bridgehead atoms. The van der Waals surface area contributed by atoms with E-state index < -0.39 is 0 Å². The molecule has 1 aromatic heterocycles. The zero-order valence-electron chi connectivity index (χ0n) is 12.0. The van der Waals surface area contributed by atoms with Gasteiger partial charge in [0, 0.05) is 18.8 Å². The first-order valence-electron chi connectivity index (χ1n) is 7.36. The average Bonchev–Trinajstić information content (AvgIpc) is 2.64. The Balaban J connectivity index is 2.10. The van der Waals surface area contributed by atoms with Gasteiger partial charge in [0.25, 0.3) is 0 Å². The van der Waals surface area contributed by atoms with Gasteiger partial charge < -0.3 is 4.90 Å². The molecule has 3 nitrogen and oxygen atoms in total. The minimum absolute atomic E-state index is 0.719. The lowest BCUT2D eigenvalue weighted by molar-refractivity contribution is 0.435. The Morgan fingerprint density at radius 2 is 2.21 bits per heavy atom. The molecule has 0 radical (unpaired) electrons. The Morgan fingerprint density at radius 1 is 1.37 bits per heavy atom. The number of pyridine rings is 1. The summed E-state index contributed by atoms with van der Waals surface area (Å²) < 4.78 is 0. The molecule has 0 saturated carbocycles. The second-order valence-corrected chi connectivity index (χ2v) is 5.54. The van der Waals surface area contributed by atoms with Crippen molar-refractivity contribution in [2.24, 2.45) is 5.92 Å². The first-order chi connectivity index (χ1) is 9.22. The quantitative estimate of drug-likeness (QED) is 0.829. The van der Waals surface area contributed by atoms with Gasteiger partial charge >= 0.3 is 0 Å². The van der Waals surface area contributed by atoms with Gasteiger partial charge in [-0.1, -0.05) is 19.8 Å². The fourth-order valence-corrected chi connectivity index (χ4v) is 2.97. The number of aromatic nitrogens is 1. The third-order valence-corrected chi connectivity index (χ3v) is 3.94. The summed E-state index contributed by atoms with van der Waals surface area (Å²) in [6, 6.07) is 6.00. The maximum atomic E-state index is 9.06. The Labute approximate surface area is 116 Å². The monoisotopic (exact) mass is 257 g/mol. The second-order valence-electron chi connectivity index (χ2n) is 5.54. The zero-order valence-corrected chi connectivity index (χ0v) is 12.0. The highest BCUT2D eigenvalue weighted by molar-refractivity contribution is 5.46. The molecule has 19 heavy (non-hydrogen) atoms. The molecule has 0 aliphatic carbocycles. The van der Waals surface area contributed by atoms with Crippen LogP contribution < -0.4 is 4.90 Å². The lowest BCUT2D eigenvalue weighted by Crippen LogP contribution is -2.25. The van der Waals surface area contributed by atoms with Crippen LogP contribution in [-0.4, -0.2) is 18.1 Å². The molecule has 1 saturated heterocycles. The van der Waals surface area contributed by atoms with Gasteiger partial charge in [-0.2, -0.15) is 5.26 Å². The molecule has 0 aromatic carbocycles. The summed E-state index contributed by atoms with van der Waals surface area (Å²) in [4.78, 5) is 6.94. The summed E-state index contributed by atoms with van der Waals surface area (Å²) in [5.41, 5.74) is 1.65. The Kier molecular flexibility index (Phi) is 4.79. The number of nitriles is 1. The Bertz CT molecular complexity index is 462. The van der Waals surface area contributed by atoms with Crippen LogP contribution >= 0.6 is 0 Å². The third-order valence-electron chi connectivity index (χ3n) is 3.94. The van der Waals surface area contributed by atoms with Gasteiger partial charge in [-0.3, -0.25) is 0 Å². The Morgan fingerprint density at radius 3 is 2.95 bits per heavy atom. The van der Waals surface area contributed by atoms with Crippen molar-refractivity contribution in [2.75, 3.05) is 18.0 Å². The third kappa shape index (κ3) is 3.70. The topological polar surface area (TPSA) is 39.9 Å². The van der Waals surface area contributed by atoms with E-state index in [-0.39, 0.29) is 0 Å². The smallest absolute Gasteiger partial charge is 0.130 e. The first kappa shape index (κ1) is 13.9. The predicted octanol–water partition coefficient (Wildman–Crippen LogP) is 3.67. The Hall–Kier alpha value is -1.56. The van der Waals surface area contributed by atoms with E-state index in [0.717, 1.165) is 36.1 Å².